The quantitative estimate of drug-likeness (QED) is 0.401. The minimum Gasteiger partial charge on any atom is -0.360 e. The normalized spacial score (nSPS) is 14.5. The third kappa shape index (κ3) is 3.79. The highest BCUT2D eigenvalue weighted by Gasteiger charge is 2.33. The van der Waals surface area contributed by atoms with Crippen LogP contribution in [0, 0.1) is 0 Å². The molecule has 1 aliphatic rings. The molecule has 9 heteroatoms. The Hall–Kier alpha value is -3.59. The predicted octanol–water partition coefficient (Wildman–Crippen LogP) is 3.79. The summed E-state index contributed by atoms with van der Waals surface area (Å²) in [7, 11) is 0. The molecule has 31 heavy (non-hydrogen) atoms. The molecular weight excluding hydrogens is 412 g/mol. The average molecular weight is 433 g/mol. The molecule has 1 atom stereocenters. The summed E-state index contributed by atoms with van der Waals surface area (Å²) in [6.45, 7) is 0. The van der Waals surface area contributed by atoms with Gasteiger partial charge in [-0.3, -0.25) is 14.7 Å². The van der Waals surface area contributed by atoms with Gasteiger partial charge in [-0.2, -0.15) is 0 Å². The molecule has 4 N–H and O–H groups in total. The molecule has 1 saturated carbocycles. The number of para-hydroxylation sites is 1. The first kappa shape index (κ1) is 19.4. The fourth-order valence-electron chi connectivity index (χ4n) is 3.65. The lowest BCUT2D eigenvalue weighted by atomic mass is 10.1. The van der Waals surface area contributed by atoms with Gasteiger partial charge in [-0.15, -0.1) is 10.2 Å². The van der Waals surface area contributed by atoms with Gasteiger partial charge in [0.15, 0.2) is 11.0 Å². The molecule has 0 saturated heterocycles. The molecule has 8 nitrogen and oxygen atoms in total. The molecule has 1 fully saturated rings. The zero-order valence-electron chi connectivity index (χ0n) is 16.5. The number of thioether (sulfide) groups is 1. The van der Waals surface area contributed by atoms with Crippen molar-refractivity contribution in [3.05, 3.63) is 66.4 Å². The number of H-pyrrole nitrogens is 1. The fourth-order valence-corrected chi connectivity index (χ4v) is 4.76. The number of primary amides is 1. The number of imide groups is 1. The van der Waals surface area contributed by atoms with Crippen LogP contribution >= 0.6 is 11.8 Å². The number of carbonyl (C=O) groups excluding carboxylic acids is 2. The SMILES string of the molecule is NC(=O)NC(=O)C(Sc1nnc(-c2c[nH]c3ccccc23)n1C1CC1)c1ccccc1. The second-order valence-electron chi connectivity index (χ2n) is 7.42. The summed E-state index contributed by atoms with van der Waals surface area (Å²) in [4.78, 5) is 27.4. The molecule has 5 rings (SSSR count). The van der Waals surface area contributed by atoms with Crippen LogP contribution in [0.1, 0.15) is 29.7 Å². The van der Waals surface area contributed by atoms with Crippen molar-refractivity contribution >= 4 is 34.6 Å². The molecule has 0 spiro atoms. The highest BCUT2D eigenvalue weighted by molar-refractivity contribution is 8.00. The van der Waals surface area contributed by atoms with Crippen molar-refractivity contribution in [1.82, 2.24) is 25.1 Å². The number of nitrogens with zero attached hydrogens (tertiary/aromatic N) is 3. The summed E-state index contributed by atoms with van der Waals surface area (Å²) in [6.07, 6.45) is 4.01. The Kier molecular flexibility index (Phi) is 4.95. The number of nitrogens with one attached hydrogen (secondary N) is 2. The van der Waals surface area contributed by atoms with Gasteiger partial charge in [0.25, 0.3) is 0 Å². The van der Waals surface area contributed by atoms with Crippen LogP contribution < -0.4 is 11.1 Å². The Bertz CT molecular complexity index is 1260. The van der Waals surface area contributed by atoms with E-state index in [-0.39, 0.29) is 6.04 Å². The van der Waals surface area contributed by atoms with E-state index in [0.717, 1.165) is 40.7 Å². The van der Waals surface area contributed by atoms with Gasteiger partial charge in [0, 0.05) is 28.7 Å². The highest BCUT2D eigenvalue weighted by atomic mass is 32.2. The van der Waals surface area contributed by atoms with E-state index in [1.54, 1.807) is 0 Å². The van der Waals surface area contributed by atoms with Crippen molar-refractivity contribution in [2.24, 2.45) is 5.73 Å². The van der Waals surface area contributed by atoms with Gasteiger partial charge in [0.05, 0.1) is 0 Å². The molecule has 2 heterocycles. The van der Waals surface area contributed by atoms with E-state index in [9.17, 15) is 9.59 Å². The summed E-state index contributed by atoms with van der Waals surface area (Å²) < 4.78 is 2.10. The average Bonchev–Trinajstić information content (AvgIpc) is 3.38. The summed E-state index contributed by atoms with van der Waals surface area (Å²) >= 11 is 1.27. The topological polar surface area (TPSA) is 119 Å². The minimum atomic E-state index is -0.880. The molecule has 4 aromatic rings. The van der Waals surface area contributed by atoms with Gasteiger partial charge in [-0.05, 0) is 24.5 Å². The minimum absolute atomic E-state index is 0.289. The smallest absolute Gasteiger partial charge is 0.318 e. The third-order valence-electron chi connectivity index (χ3n) is 5.22. The Labute approximate surface area is 182 Å². The molecule has 1 unspecified atom stereocenters. The van der Waals surface area contributed by atoms with Crippen molar-refractivity contribution in [3.63, 3.8) is 0 Å². The fraction of sp³-hybridized carbons (Fsp3) is 0.182. The second kappa shape index (κ2) is 7.92. The van der Waals surface area contributed by atoms with Crippen molar-refractivity contribution in [3.8, 4) is 11.4 Å². The number of carbonyl (C=O) groups is 2. The summed E-state index contributed by atoms with van der Waals surface area (Å²) in [5.74, 6) is 0.285. The first-order valence-electron chi connectivity index (χ1n) is 9.95. The third-order valence-corrected chi connectivity index (χ3v) is 6.43. The van der Waals surface area contributed by atoms with E-state index in [1.165, 1.54) is 11.8 Å². The largest absolute Gasteiger partial charge is 0.360 e. The standard InChI is InChI=1S/C22H20N6O2S/c23-21(30)25-20(29)18(13-6-2-1-3-7-13)31-22-27-26-19(28(22)14-10-11-14)16-12-24-17-9-5-4-8-15(16)17/h1-9,12,14,18,24H,10-11H2,(H3,23,25,29,30). The zero-order chi connectivity index (χ0) is 21.4. The van der Waals surface area contributed by atoms with Crippen LogP contribution in [0.2, 0.25) is 0 Å². The van der Waals surface area contributed by atoms with E-state index in [1.807, 2.05) is 60.8 Å². The van der Waals surface area contributed by atoms with E-state index < -0.39 is 17.2 Å². The van der Waals surface area contributed by atoms with Crippen molar-refractivity contribution in [1.29, 1.82) is 0 Å². The lowest BCUT2D eigenvalue weighted by molar-refractivity contribution is -0.119. The summed E-state index contributed by atoms with van der Waals surface area (Å²) in [5.41, 5.74) is 7.95. The molecular formula is C22H20N6O2S. The van der Waals surface area contributed by atoms with Crippen LogP contribution in [0.15, 0.2) is 66.0 Å². The number of amides is 3. The molecule has 3 amide bonds. The van der Waals surface area contributed by atoms with Gasteiger partial charge in [0.1, 0.15) is 5.25 Å². The number of nitrogens with two attached hydrogens (primary N) is 1. The van der Waals surface area contributed by atoms with Crippen LogP contribution in [0.3, 0.4) is 0 Å². The second-order valence-corrected chi connectivity index (χ2v) is 8.49. The van der Waals surface area contributed by atoms with Crippen LogP contribution in [-0.4, -0.2) is 31.7 Å². The highest BCUT2D eigenvalue weighted by Crippen LogP contribution is 2.45. The monoisotopic (exact) mass is 432 g/mol. The molecule has 2 aromatic carbocycles. The summed E-state index contributed by atoms with van der Waals surface area (Å²) in [6, 6.07) is 16.7. The first-order valence-corrected chi connectivity index (χ1v) is 10.8. The molecule has 156 valence electrons. The first-order chi connectivity index (χ1) is 15.1. The predicted molar refractivity (Wildman–Crippen MR) is 118 cm³/mol. The Morgan fingerprint density at radius 2 is 1.84 bits per heavy atom. The maximum Gasteiger partial charge on any atom is 0.318 e. The van der Waals surface area contributed by atoms with E-state index in [0.29, 0.717) is 5.16 Å². The molecule has 0 radical (unpaired) electrons. The van der Waals surface area contributed by atoms with Crippen LogP contribution in [0.25, 0.3) is 22.3 Å². The number of hydrogen-bond donors (Lipinski definition) is 3. The summed E-state index contributed by atoms with van der Waals surface area (Å²) in [5, 5.41) is 12.1. The molecule has 0 bridgehead atoms. The van der Waals surface area contributed by atoms with Crippen LogP contribution in [-0.2, 0) is 4.79 Å². The van der Waals surface area contributed by atoms with E-state index in [2.05, 4.69) is 25.1 Å². The van der Waals surface area contributed by atoms with Crippen molar-refractivity contribution < 1.29 is 9.59 Å². The van der Waals surface area contributed by atoms with E-state index in [4.69, 9.17) is 5.73 Å². The molecule has 2 aromatic heterocycles. The van der Waals surface area contributed by atoms with Gasteiger partial charge in [-0.1, -0.05) is 60.3 Å². The number of benzene rings is 2. The lowest BCUT2D eigenvalue weighted by Crippen LogP contribution is -2.37. The Morgan fingerprint density at radius 1 is 1.10 bits per heavy atom. The van der Waals surface area contributed by atoms with Gasteiger partial charge < -0.3 is 10.7 Å². The lowest BCUT2D eigenvalue weighted by Gasteiger charge is -2.16. The number of rotatable bonds is 6. The van der Waals surface area contributed by atoms with Crippen molar-refractivity contribution in [2.45, 2.75) is 29.3 Å². The van der Waals surface area contributed by atoms with Gasteiger partial charge in [-0.25, -0.2) is 4.79 Å². The molecule has 1 aliphatic carbocycles. The maximum atomic E-state index is 12.8. The Balaban J connectivity index is 1.55. The number of fused-ring (bicyclic) bond motifs is 1. The van der Waals surface area contributed by atoms with Crippen LogP contribution in [0.5, 0.6) is 0 Å². The number of aromatic nitrogens is 4. The molecule has 0 aliphatic heterocycles. The number of aromatic amines is 1. The van der Waals surface area contributed by atoms with E-state index >= 15 is 0 Å². The van der Waals surface area contributed by atoms with Crippen molar-refractivity contribution in [2.75, 3.05) is 0 Å². The number of urea groups is 1. The van der Waals surface area contributed by atoms with Gasteiger partial charge in [0.2, 0.25) is 5.91 Å². The zero-order valence-corrected chi connectivity index (χ0v) is 17.3. The van der Waals surface area contributed by atoms with Crippen LogP contribution in [0.4, 0.5) is 4.79 Å². The number of hydrogen-bond acceptors (Lipinski definition) is 5. The Morgan fingerprint density at radius 3 is 2.58 bits per heavy atom. The maximum absolute atomic E-state index is 12.8. The van der Waals surface area contributed by atoms with Gasteiger partial charge >= 0.3 is 6.03 Å².